The summed E-state index contributed by atoms with van der Waals surface area (Å²) in [5.41, 5.74) is 6.49. The zero-order chi connectivity index (χ0) is 26.8. The Morgan fingerprint density at radius 2 is 1.46 bits per heavy atom. The Bertz CT molecular complexity index is 1630. The number of benzene rings is 3. The van der Waals surface area contributed by atoms with Gasteiger partial charge in [-0.3, -0.25) is 5.41 Å². The molecule has 0 radical (unpaired) electrons. The fraction of sp³-hybridized carbons (Fsp3) is 0.250. The average Bonchev–Trinajstić information content (AvgIpc) is 3.33. The number of nitrogens with one attached hydrogen (secondary N) is 1. The van der Waals surface area contributed by atoms with E-state index in [0.29, 0.717) is 25.2 Å². The van der Waals surface area contributed by atoms with Crippen LogP contribution >= 0.6 is 0 Å². The van der Waals surface area contributed by atoms with E-state index in [-0.39, 0.29) is 6.04 Å². The lowest BCUT2D eigenvalue weighted by molar-refractivity contribution is 0.0682. The van der Waals surface area contributed by atoms with Gasteiger partial charge in [0.2, 0.25) is 0 Å². The predicted molar refractivity (Wildman–Crippen MR) is 152 cm³/mol. The quantitative estimate of drug-likeness (QED) is 0.283. The second-order valence-corrected chi connectivity index (χ2v) is 9.79. The third-order valence-corrected chi connectivity index (χ3v) is 7.55. The Kier molecular flexibility index (Phi) is 6.90. The number of fused-ring (bicyclic) bond motifs is 1. The van der Waals surface area contributed by atoms with Gasteiger partial charge in [-0.25, -0.2) is 4.98 Å². The Morgan fingerprint density at radius 1 is 0.846 bits per heavy atom. The molecule has 7 heteroatoms. The van der Waals surface area contributed by atoms with Gasteiger partial charge in [-0.05, 0) is 65.9 Å². The van der Waals surface area contributed by atoms with E-state index in [2.05, 4.69) is 53.1 Å². The minimum Gasteiger partial charge on any atom is -0.497 e. The molecule has 6 rings (SSSR count). The Labute approximate surface area is 227 Å². The highest BCUT2D eigenvalue weighted by Gasteiger charge is 2.25. The van der Waals surface area contributed by atoms with Crippen LogP contribution in [0.25, 0.3) is 33.4 Å². The number of hydrogen-bond acceptors (Lipinski definition) is 5. The van der Waals surface area contributed by atoms with Crippen LogP contribution < -0.4 is 15.0 Å². The highest BCUT2D eigenvalue weighted by Crippen LogP contribution is 2.40. The van der Waals surface area contributed by atoms with Gasteiger partial charge in [0.25, 0.3) is 0 Å². The van der Waals surface area contributed by atoms with Gasteiger partial charge in [0.1, 0.15) is 22.6 Å². The van der Waals surface area contributed by atoms with Gasteiger partial charge in [-0.15, -0.1) is 0 Å². The lowest BCUT2D eigenvalue weighted by Gasteiger charge is -2.24. The molecule has 3 heterocycles. The van der Waals surface area contributed by atoms with Crippen LogP contribution in [-0.2, 0) is 11.3 Å². The first-order chi connectivity index (χ1) is 19.2. The number of methoxy groups -OCH3 is 2. The van der Waals surface area contributed by atoms with Crippen LogP contribution in [0.15, 0.2) is 85.2 Å². The van der Waals surface area contributed by atoms with Gasteiger partial charge < -0.3 is 23.3 Å². The van der Waals surface area contributed by atoms with Crippen molar-refractivity contribution in [3.8, 4) is 33.9 Å². The molecule has 5 aromatic rings. The zero-order valence-electron chi connectivity index (χ0n) is 22.3. The zero-order valence-corrected chi connectivity index (χ0v) is 22.3. The topological polar surface area (TPSA) is 74.3 Å². The lowest BCUT2D eigenvalue weighted by Crippen LogP contribution is -2.29. The Balaban J connectivity index is 1.67. The number of nitrogens with zero attached hydrogens (tertiary/aromatic N) is 3. The molecule has 0 bridgehead atoms. The van der Waals surface area contributed by atoms with Crippen LogP contribution in [0.1, 0.15) is 24.4 Å². The Morgan fingerprint density at radius 3 is 2.08 bits per heavy atom. The lowest BCUT2D eigenvalue weighted by atomic mass is 9.98. The number of aromatic nitrogens is 3. The van der Waals surface area contributed by atoms with Crippen LogP contribution in [0.5, 0.6) is 11.5 Å². The largest absolute Gasteiger partial charge is 0.497 e. The maximum absolute atomic E-state index is 9.48. The summed E-state index contributed by atoms with van der Waals surface area (Å²) in [4.78, 5) is 5.03. The van der Waals surface area contributed by atoms with Gasteiger partial charge in [-0.1, -0.05) is 42.5 Å². The smallest absolute Gasteiger partial charge is 0.146 e. The fourth-order valence-corrected chi connectivity index (χ4v) is 5.52. The van der Waals surface area contributed by atoms with Crippen molar-refractivity contribution < 1.29 is 14.2 Å². The fourth-order valence-electron chi connectivity index (χ4n) is 5.52. The second-order valence-electron chi connectivity index (χ2n) is 9.79. The normalized spacial score (nSPS) is 14.0. The maximum atomic E-state index is 9.48. The van der Waals surface area contributed by atoms with Gasteiger partial charge in [0.15, 0.2) is 0 Å². The molecule has 1 fully saturated rings. The molecule has 2 aromatic heterocycles. The van der Waals surface area contributed by atoms with Crippen LogP contribution in [-0.4, -0.2) is 41.6 Å². The van der Waals surface area contributed by atoms with Crippen molar-refractivity contribution in [2.45, 2.75) is 25.4 Å². The molecule has 0 atom stereocenters. The molecule has 1 saturated heterocycles. The van der Waals surface area contributed by atoms with Crippen molar-refractivity contribution >= 4 is 11.0 Å². The monoisotopic (exact) mass is 520 g/mol. The van der Waals surface area contributed by atoms with E-state index in [1.807, 2.05) is 41.2 Å². The van der Waals surface area contributed by atoms with Crippen molar-refractivity contribution in [2.24, 2.45) is 0 Å². The van der Waals surface area contributed by atoms with Crippen LogP contribution in [0.3, 0.4) is 0 Å². The highest BCUT2D eigenvalue weighted by molar-refractivity contribution is 6.02. The summed E-state index contributed by atoms with van der Waals surface area (Å²) in [6.45, 7) is 2.03. The molecule has 1 aliphatic rings. The molecular formula is C32H32N4O3. The third-order valence-electron chi connectivity index (χ3n) is 7.55. The molecule has 1 N–H and O–H groups in total. The first kappa shape index (κ1) is 24.9. The third kappa shape index (κ3) is 4.70. The minimum absolute atomic E-state index is 0.189. The SMILES string of the molecule is COc1ccc(-c2c(-c3ccc(OC)cc3)n(Cc3ccccc3)c3ncn(C4CCOCC4)c(=N)c23)cc1. The highest BCUT2D eigenvalue weighted by atomic mass is 16.5. The van der Waals surface area contributed by atoms with E-state index in [0.717, 1.165) is 57.8 Å². The predicted octanol–water partition coefficient (Wildman–Crippen LogP) is 6.07. The summed E-state index contributed by atoms with van der Waals surface area (Å²) in [5.74, 6) is 1.59. The first-order valence-corrected chi connectivity index (χ1v) is 13.3. The second kappa shape index (κ2) is 10.8. The van der Waals surface area contributed by atoms with E-state index in [9.17, 15) is 5.41 Å². The average molecular weight is 521 g/mol. The summed E-state index contributed by atoms with van der Waals surface area (Å²) in [6, 6.07) is 26.8. The van der Waals surface area contributed by atoms with Gasteiger partial charge in [0, 0.05) is 31.4 Å². The Hall–Kier alpha value is -4.36. The molecular weight excluding hydrogens is 488 g/mol. The molecule has 0 spiro atoms. The molecule has 0 unspecified atom stereocenters. The van der Waals surface area contributed by atoms with Crippen molar-refractivity contribution in [3.05, 3.63) is 96.2 Å². The standard InChI is InChI=1S/C32H32N4O3/c1-37-26-12-8-23(9-13-26)28-29-31(33)36(25-16-18-39-19-17-25)21-34-32(29)35(20-22-6-4-3-5-7-22)30(28)24-10-14-27(38-2)15-11-24/h3-15,21,25,33H,16-20H2,1-2H3. The summed E-state index contributed by atoms with van der Waals surface area (Å²) < 4.78 is 20.8. The molecule has 3 aromatic carbocycles. The molecule has 1 aliphatic heterocycles. The van der Waals surface area contributed by atoms with Gasteiger partial charge >= 0.3 is 0 Å². The van der Waals surface area contributed by atoms with Crippen molar-refractivity contribution in [3.63, 3.8) is 0 Å². The summed E-state index contributed by atoms with van der Waals surface area (Å²) in [7, 11) is 3.35. The van der Waals surface area contributed by atoms with Crippen molar-refractivity contribution in [2.75, 3.05) is 27.4 Å². The first-order valence-electron chi connectivity index (χ1n) is 13.3. The number of rotatable bonds is 7. The van der Waals surface area contributed by atoms with Crippen molar-refractivity contribution in [1.82, 2.24) is 14.1 Å². The minimum atomic E-state index is 0.189. The van der Waals surface area contributed by atoms with Gasteiger partial charge in [-0.2, -0.15) is 0 Å². The van der Waals surface area contributed by atoms with E-state index in [4.69, 9.17) is 19.2 Å². The van der Waals surface area contributed by atoms with Gasteiger partial charge in [0.05, 0.1) is 31.6 Å². The molecule has 0 aliphatic carbocycles. The molecule has 0 saturated carbocycles. The van der Waals surface area contributed by atoms with E-state index in [1.165, 1.54) is 5.56 Å². The number of ether oxygens (including phenoxy) is 3. The molecule has 198 valence electrons. The summed E-state index contributed by atoms with van der Waals surface area (Å²) >= 11 is 0. The molecule has 39 heavy (non-hydrogen) atoms. The van der Waals surface area contributed by atoms with Crippen LogP contribution in [0, 0.1) is 5.41 Å². The maximum Gasteiger partial charge on any atom is 0.146 e. The molecule has 0 amide bonds. The summed E-state index contributed by atoms with van der Waals surface area (Å²) in [5, 5.41) is 10.3. The summed E-state index contributed by atoms with van der Waals surface area (Å²) in [6.07, 6.45) is 3.59. The van der Waals surface area contributed by atoms with Crippen LogP contribution in [0.4, 0.5) is 0 Å². The molecule has 7 nitrogen and oxygen atoms in total. The van der Waals surface area contributed by atoms with Crippen LogP contribution in [0.2, 0.25) is 0 Å². The van der Waals surface area contributed by atoms with E-state index >= 15 is 0 Å². The van der Waals surface area contributed by atoms with E-state index in [1.54, 1.807) is 14.2 Å². The number of hydrogen-bond donors (Lipinski definition) is 1. The van der Waals surface area contributed by atoms with E-state index < -0.39 is 0 Å². The van der Waals surface area contributed by atoms with Crippen molar-refractivity contribution in [1.29, 1.82) is 5.41 Å².